The zero-order chi connectivity index (χ0) is 54.2. The number of hydrogen-bond acceptors (Lipinski definition) is 1. The molecule has 79 heavy (non-hydrogen) atoms. The largest absolute Gasteiger partial charge is 0.310 e. The van der Waals surface area contributed by atoms with Crippen molar-refractivity contribution in [1.29, 1.82) is 0 Å². The van der Waals surface area contributed by atoms with E-state index in [0.29, 0.717) is 61.6 Å². The molecule has 11 aromatic rings. The Morgan fingerprint density at radius 2 is 0.671 bits per heavy atom. The summed E-state index contributed by atoms with van der Waals surface area (Å²) in [6, 6.07) is 70.6. The number of nitrogens with zero attached hydrogens (tertiary/aromatic N) is 1. The quantitative estimate of drug-likeness (QED) is 0.117. The topological polar surface area (TPSA) is 3.24 Å². The third-order valence-corrected chi connectivity index (χ3v) is 15.9. The lowest BCUT2D eigenvalue weighted by Crippen LogP contribution is -2.32. The van der Waals surface area contributed by atoms with Gasteiger partial charge in [0.2, 0.25) is 0 Å². The molecule has 7 heteroatoms. The van der Waals surface area contributed by atoms with E-state index in [1.54, 1.807) is 12.2 Å². The molecular formula is C72H45F6N. The van der Waals surface area contributed by atoms with Crippen LogP contribution in [0.25, 0.3) is 56.7 Å². The third kappa shape index (κ3) is 7.63. The number of halogens is 6. The van der Waals surface area contributed by atoms with Gasteiger partial charge in [-0.25, -0.2) is 26.3 Å². The van der Waals surface area contributed by atoms with Gasteiger partial charge >= 0.3 is 0 Å². The first-order valence-corrected chi connectivity index (χ1v) is 25.8. The Hall–Kier alpha value is -9.72. The normalized spacial score (nSPS) is 15.7. The van der Waals surface area contributed by atoms with Gasteiger partial charge in [-0.3, -0.25) is 0 Å². The van der Waals surface area contributed by atoms with Crippen LogP contribution < -0.4 is 4.90 Å². The van der Waals surface area contributed by atoms with E-state index in [0.717, 1.165) is 68.8 Å². The number of fused-ring (bicyclic) bond motifs is 6. The molecule has 0 N–H and O–H groups in total. The van der Waals surface area contributed by atoms with Crippen LogP contribution in [0.3, 0.4) is 0 Å². The van der Waals surface area contributed by atoms with Gasteiger partial charge in [-0.1, -0.05) is 195 Å². The summed E-state index contributed by atoms with van der Waals surface area (Å²) in [5.74, 6) is -6.34. The van der Waals surface area contributed by atoms with Crippen LogP contribution in [0.1, 0.15) is 55.6 Å². The van der Waals surface area contributed by atoms with Gasteiger partial charge in [0.05, 0.1) is 10.8 Å². The lowest BCUT2D eigenvalue weighted by molar-refractivity contribution is 0.502. The van der Waals surface area contributed by atoms with Gasteiger partial charge in [0.25, 0.3) is 0 Å². The summed E-state index contributed by atoms with van der Waals surface area (Å²) in [5, 5.41) is 0. The van der Waals surface area contributed by atoms with E-state index in [1.165, 1.54) is 0 Å². The molecular weight excluding hydrogens is 993 g/mol. The van der Waals surface area contributed by atoms with Crippen molar-refractivity contribution in [2.45, 2.75) is 10.8 Å². The van der Waals surface area contributed by atoms with Crippen LogP contribution in [-0.4, -0.2) is 0 Å². The molecule has 0 bridgehead atoms. The predicted octanol–water partition coefficient (Wildman–Crippen LogP) is 19.3. The molecule has 0 fully saturated rings. The van der Waals surface area contributed by atoms with E-state index in [9.17, 15) is 0 Å². The SMILES string of the molecule is C=Cc1ccc(C2(c3c(F)cc(F)cc3F)c3ccccc3-c3ccc(N(c4cccc(-c5cccc(-c6ccccc6)c5)c4)c4ccc5c(c4)C(c4ccc(C=C)cc4)(c4c(F)cc(F)cc4F)c4ccccc4-5)cc32)cc1. The molecule has 0 amide bonds. The lowest BCUT2D eigenvalue weighted by atomic mass is 9.67. The van der Waals surface area contributed by atoms with Crippen molar-refractivity contribution in [2.24, 2.45) is 0 Å². The Balaban J connectivity index is 1.11. The maximum atomic E-state index is 17.1. The van der Waals surface area contributed by atoms with E-state index >= 15 is 26.3 Å². The Bertz CT molecular complexity index is 4000. The van der Waals surface area contributed by atoms with Gasteiger partial charge in [0, 0.05) is 52.5 Å². The average molecular weight is 1040 g/mol. The minimum atomic E-state index is -1.67. The number of rotatable bonds is 11. The minimum Gasteiger partial charge on any atom is -0.310 e. The van der Waals surface area contributed by atoms with Crippen molar-refractivity contribution in [3.05, 3.63) is 340 Å². The molecule has 0 aliphatic heterocycles. The minimum absolute atomic E-state index is 0.346. The highest BCUT2D eigenvalue weighted by Gasteiger charge is 2.51. The van der Waals surface area contributed by atoms with E-state index < -0.39 is 45.7 Å². The smallest absolute Gasteiger partial charge is 0.133 e. The fraction of sp³-hybridized carbons (Fsp3) is 0.0278. The maximum Gasteiger partial charge on any atom is 0.133 e. The average Bonchev–Trinajstić information content (AvgIpc) is 3.44. The Morgan fingerprint density at radius 3 is 1.13 bits per heavy atom. The second kappa shape index (κ2) is 19.1. The molecule has 0 heterocycles. The molecule has 2 aliphatic rings. The Kier molecular flexibility index (Phi) is 11.8. The molecule has 0 saturated heterocycles. The zero-order valence-electron chi connectivity index (χ0n) is 42.3. The first kappa shape index (κ1) is 48.9. The molecule has 11 aromatic carbocycles. The standard InChI is InChI=1S/C72H45F6N/c1-3-44-24-28-50(29-25-44)71(69-65(75)38-52(73)39-66(69)76)61-22-10-8-20-57(61)59-34-32-55(42-63(59)71)79(54-19-13-18-49(37-54)48-17-12-16-47(36-48)46-14-6-5-7-15-46)56-33-35-60-58-21-9-11-23-62(58)72(64(60)43-56,51-30-26-45(4-2)27-31-51)70-67(77)40-53(74)41-68(70)78/h3-43H,1-2H2. The first-order valence-electron chi connectivity index (χ1n) is 25.8. The lowest BCUT2D eigenvalue weighted by Gasteiger charge is -2.36. The number of benzene rings is 11. The van der Waals surface area contributed by atoms with Crippen molar-refractivity contribution in [2.75, 3.05) is 4.90 Å². The van der Waals surface area contributed by atoms with Crippen LogP contribution in [-0.2, 0) is 10.8 Å². The molecule has 2 aliphatic carbocycles. The summed E-state index contributed by atoms with van der Waals surface area (Å²) in [5.41, 5.74) is 9.40. The van der Waals surface area contributed by atoms with Crippen LogP contribution in [0.15, 0.2) is 250 Å². The maximum absolute atomic E-state index is 17.1. The van der Waals surface area contributed by atoms with Gasteiger partial charge in [-0.05, 0) is 131 Å². The summed E-state index contributed by atoms with van der Waals surface area (Å²) in [6.45, 7) is 7.90. The Morgan fingerprint density at radius 1 is 0.304 bits per heavy atom. The van der Waals surface area contributed by atoms with Crippen molar-refractivity contribution >= 4 is 29.2 Å². The summed E-state index contributed by atoms with van der Waals surface area (Å²) >= 11 is 0. The van der Waals surface area contributed by atoms with Crippen molar-refractivity contribution in [3.63, 3.8) is 0 Å². The molecule has 380 valence electrons. The molecule has 0 saturated carbocycles. The fourth-order valence-electron chi connectivity index (χ4n) is 12.6. The monoisotopic (exact) mass is 1040 g/mol. The second-order valence-electron chi connectivity index (χ2n) is 20.0. The van der Waals surface area contributed by atoms with Crippen molar-refractivity contribution in [3.8, 4) is 44.5 Å². The Labute approximate surface area is 454 Å². The predicted molar refractivity (Wildman–Crippen MR) is 307 cm³/mol. The van der Waals surface area contributed by atoms with Crippen LogP contribution in [0.5, 0.6) is 0 Å². The third-order valence-electron chi connectivity index (χ3n) is 15.9. The van der Waals surface area contributed by atoms with E-state index in [2.05, 4.69) is 43.5 Å². The van der Waals surface area contributed by atoms with Crippen molar-refractivity contribution < 1.29 is 26.3 Å². The molecule has 2 unspecified atom stereocenters. The highest BCUT2D eigenvalue weighted by atomic mass is 19.2. The molecule has 13 rings (SSSR count). The summed E-state index contributed by atoms with van der Waals surface area (Å²) in [6.07, 6.45) is 3.38. The second-order valence-corrected chi connectivity index (χ2v) is 20.0. The first-order chi connectivity index (χ1) is 38.5. The van der Waals surface area contributed by atoms with Crippen LogP contribution >= 0.6 is 0 Å². The van der Waals surface area contributed by atoms with Crippen LogP contribution in [0.2, 0.25) is 0 Å². The van der Waals surface area contributed by atoms with Gasteiger partial charge in [-0.15, -0.1) is 0 Å². The zero-order valence-corrected chi connectivity index (χ0v) is 42.3. The number of anilines is 3. The van der Waals surface area contributed by atoms with Gasteiger partial charge in [0.15, 0.2) is 0 Å². The summed E-state index contributed by atoms with van der Waals surface area (Å²) in [4.78, 5) is 2.03. The van der Waals surface area contributed by atoms with Crippen LogP contribution in [0.4, 0.5) is 43.4 Å². The molecule has 0 aromatic heterocycles. The van der Waals surface area contributed by atoms with E-state index in [1.807, 2.05) is 187 Å². The highest BCUT2D eigenvalue weighted by molar-refractivity contribution is 5.93. The van der Waals surface area contributed by atoms with Gasteiger partial charge < -0.3 is 4.90 Å². The molecule has 0 spiro atoms. The molecule has 2 atom stereocenters. The van der Waals surface area contributed by atoms with Gasteiger partial charge in [-0.2, -0.15) is 0 Å². The summed E-state index contributed by atoms with van der Waals surface area (Å²) in [7, 11) is 0. The molecule has 0 radical (unpaired) electrons. The van der Waals surface area contributed by atoms with E-state index in [-0.39, 0.29) is 11.1 Å². The fourth-order valence-corrected chi connectivity index (χ4v) is 12.6. The van der Waals surface area contributed by atoms with E-state index in [4.69, 9.17) is 0 Å². The summed E-state index contributed by atoms with van der Waals surface area (Å²) < 4.78 is 98.6. The van der Waals surface area contributed by atoms with Gasteiger partial charge in [0.1, 0.15) is 34.9 Å². The van der Waals surface area contributed by atoms with Crippen molar-refractivity contribution in [1.82, 2.24) is 0 Å². The van der Waals surface area contributed by atoms with Crippen LogP contribution in [0, 0.1) is 34.9 Å². The highest BCUT2D eigenvalue weighted by Crippen LogP contribution is 2.61. The number of hydrogen-bond donors (Lipinski definition) is 0. The molecule has 1 nitrogen and oxygen atoms in total.